The molecule has 0 aliphatic carbocycles. The number of nitrogens with zero attached hydrogens (tertiary/aromatic N) is 1. The van der Waals surface area contributed by atoms with Gasteiger partial charge in [0.25, 0.3) is 0 Å². The predicted molar refractivity (Wildman–Crippen MR) is 81.1 cm³/mol. The third-order valence-corrected chi connectivity index (χ3v) is 3.12. The molecule has 0 saturated heterocycles. The first-order chi connectivity index (χ1) is 8.81. The molecular weight excluding hydrogens is 409 g/mol. The number of hydrogen-bond acceptors (Lipinski definition) is 4. The minimum atomic E-state index is -0.663. The summed E-state index contributed by atoms with van der Waals surface area (Å²) < 4.78 is 17.9. The fourth-order valence-corrected chi connectivity index (χ4v) is 1.68. The molecule has 1 aromatic heterocycles. The molecule has 0 saturated carbocycles. The molecule has 0 spiro atoms. The van der Waals surface area contributed by atoms with Crippen molar-refractivity contribution in [2.24, 2.45) is 0 Å². The molecule has 4 nitrogen and oxygen atoms in total. The van der Waals surface area contributed by atoms with E-state index in [0.29, 0.717) is 0 Å². The van der Waals surface area contributed by atoms with Crippen molar-refractivity contribution in [1.29, 1.82) is 0 Å². The van der Waals surface area contributed by atoms with Crippen LogP contribution in [0.4, 0.5) is 10.1 Å². The molecule has 0 radical (unpaired) electrons. The fraction of sp³-hybridized carbons (Fsp3) is 0.0909. The summed E-state index contributed by atoms with van der Waals surface area (Å²) >= 11 is 12.8. The molecule has 2 rings (SSSR count). The van der Waals surface area contributed by atoms with E-state index in [9.17, 15) is 9.18 Å². The number of nitrogen functional groups attached to an aromatic ring is 1. The minimum Gasteiger partial charge on any atom is -0.423 e. The molecule has 1 aromatic carbocycles. The van der Waals surface area contributed by atoms with Crippen LogP contribution in [0.15, 0.2) is 27.4 Å². The zero-order valence-electron chi connectivity index (χ0n) is 9.58. The molecule has 0 amide bonds. The van der Waals surface area contributed by atoms with Crippen molar-refractivity contribution in [2.75, 3.05) is 5.73 Å². The smallest absolute Gasteiger partial charge is 0.374 e. The van der Waals surface area contributed by atoms with Gasteiger partial charge in [-0.2, -0.15) is 0 Å². The molecule has 19 heavy (non-hydrogen) atoms. The molecule has 0 unspecified atom stereocenters. The molecule has 8 heteroatoms. The van der Waals surface area contributed by atoms with Crippen molar-refractivity contribution in [2.45, 2.75) is 6.92 Å². The fourth-order valence-electron chi connectivity index (χ4n) is 0.935. The van der Waals surface area contributed by atoms with Gasteiger partial charge in [-0.3, -0.25) is 0 Å². The van der Waals surface area contributed by atoms with Crippen LogP contribution in [0, 0.1) is 16.3 Å². The van der Waals surface area contributed by atoms with Gasteiger partial charge in [0.2, 0.25) is 5.15 Å². The summed E-state index contributed by atoms with van der Waals surface area (Å²) in [6, 6.07) is 4.71. The SMILES string of the molecule is Cc1oc(=O)c(Cl)nc1Cl.Nc1ccc(I)cc1F. The third-order valence-electron chi connectivity index (χ3n) is 1.86. The van der Waals surface area contributed by atoms with Gasteiger partial charge in [-0.05, 0) is 47.7 Å². The highest BCUT2D eigenvalue weighted by Gasteiger charge is 2.04. The number of benzene rings is 1. The van der Waals surface area contributed by atoms with Crippen molar-refractivity contribution < 1.29 is 8.81 Å². The highest BCUT2D eigenvalue weighted by Crippen LogP contribution is 2.12. The second-order valence-electron chi connectivity index (χ2n) is 3.30. The number of halogens is 4. The Morgan fingerprint density at radius 1 is 1.37 bits per heavy atom. The average molecular weight is 417 g/mol. The summed E-state index contributed by atoms with van der Waals surface area (Å²) in [7, 11) is 0. The van der Waals surface area contributed by atoms with Crippen LogP contribution in [0.5, 0.6) is 0 Å². The lowest BCUT2D eigenvalue weighted by molar-refractivity contribution is 0.473. The minimum absolute atomic E-state index is 0.115. The van der Waals surface area contributed by atoms with E-state index < -0.39 is 5.63 Å². The van der Waals surface area contributed by atoms with Gasteiger partial charge in [-0.1, -0.05) is 23.2 Å². The molecular formula is C11H8Cl2FIN2O2. The number of aryl methyl sites for hydroxylation is 1. The molecule has 0 aliphatic heterocycles. The molecule has 0 fully saturated rings. The van der Waals surface area contributed by atoms with Crippen molar-refractivity contribution in [3.63, 3.8) is 0 Å². The molecule has 1 heterocycles. The van der Waals surface area contributed by atoms with E-state index in [1.165, 1.54) is 13.0 Å². The van der Waals surface area contributed by atoms with Crippen molar-refractivity contribution in [1.82, 2.24) is 4.98 Å². The van der Waals surface area contributed by atoms with Gasteiger partial charge in [-0.25, -0.2) is 14.2 Å². The lowest BCUT2D eigenvalue weighted by atomic mass is 10.3. The van der Waals surface area contributed by atoms with Gasteiger partial charge in [0.05, 0.1) is 5.69 Å². The van der Waals surface area contributed by atoms with Gasteiger partial charge in [0, 0.05) is 3.57 Å². The van der Waals surface area contributed by atoms with Gasteiger partial charge < -0.3 is 10.2 Å². The summed E-state index contributed by atoms with van der Waals surface area (Å²) in [4.78, 5) is 14.1. The predicted octanol–water partition coefficient (Wildman–Crippen LogP) is 3.66. The summed E-state index contributed by atoms with van der Waals surface area (Å²) in [6.45, 7) is 1.53. The van der Waals surface area contributed by atoms with Crippen LogP contribution in [0.1, 0.15) is 5.76 Å². The van der Waals surface area contributed by atoms with E-state index in [0.717, 1.165) is 3.57 Å². The first-order valence-corrected chi connectivity index (χ1v) is 6.68. The summed E-state index contributed by atoms with van der Waals surface area (Å²) in [6.07, 6.45) is 0. The summed E-state index contributed by atoms with van der Waals surface area (Å²) in [5.41, 5.74) is 4.75. The number of hydrogen-bond donors (Lipinski definition) is 1. The van der Waals surface area contributed by atoms with E-state index in [-0.39, 0.29) is 27.6 Å². The Labute approximate surface area is 131 Å². The highest BCUT2D eigenvalue weighted by atomic mass is 127. The van der Waals surface area contributed by atoms with Crippen molar-refractivity contribution in [3.05, 3.63) is 54.1 Å². The maximum Gasteiger partial charge on any atom is 0.374 e. The van der Waals surface area contributed by atoms with E-state index in [4.69, 9.17) is 28.9 Å². The van der Waals surface area contributed by atoms with Crippen LogP contribution in [-0.2, 0) is 0 Å². The Kier molecular flexibility index (Phi) is 6.02. The van der Waals surface area contributed by atoms with Crippen molar-refractivity contribution in [3.8, 4) is 0 Å². The van der Waals surface area contributed by atoms with Gasteiger partial charge in [0.1, 0.15) is 11.6 Å². The normalized spacial score (nSPS) is 9.74. The molecule has 2 N–H and O–H groups in total. The van der Waals surface area contributed by atoms with E-state index in [1.54, 1.807) is 12.1 Å². The Bertz CT molecular complexity index is 649. The quantitative estimate of drug-likeness (QED) is 0.525. The van der Waals surface area contributed by atoms with E-state index >= 15 is 0 Å². The van der Waals surface area contributed by atoms with Crippen LogP contribution in [-0.4, -0.2) is 4.98 Å². The average Bonchev–Trinajstić information content (AvgIpc) is 2.33. The van der Waals surface area contributed by atoms with Gasteiger partial charge in [0.15, 0.2) is 5.15 Å². The largest absolute Gasteiger partial charge is 0.423 e. The Balaban J connectivity index is 0.000000191. The first kappa shape index (κ1) is 16.2. The molecule has 0 atom stereocenters. The number of aromatic nitrogens is 1. The summed E-state index contributed by atoms with van der Waals surface area (Å²) in [5, 5.41) is -0.125. The highest BCUT2D eigenvalue weighted by molar-refractivity contribution is 14.1. The Morgan fingerprint density at radius 2 is 2.00 bits per heavy atom. The zero-order chi connectivity index (χ0) is 14.6. The second-order valence-corrected chi connectivity index (χ2v) is 5.27. The van der Waals surface area contributed by atoms with E-state index in [1.807, 2.05) is 22.6 Å². The molecule has 0 bridgehead atoms. The standard InChI is InChI=1S/C6H5FIN.C5H3Cl2NO2/c7-5-3-4(8)1-2-6(5)9;1-2-3(6)8-4(7)5(9)10-2/h1-3H,9H2;1H3. The lowest BCUT2D eigenvalue weighted by Gasteiger charge is -1.93. The van der Waals surface area contributed by atoms with Crippen molar-refractivity contribution >= 4 is 51.5 Å². The molecule has 0 aliphatic rings. The first-order valence-electron chi connectivity index (χ1n) is 4.84. The lowest BCUT2D eigenvalue weighted by Crippen LogP contribution is -2.02. The number of rotatable bonds is 0. The maximum atomic E-state index is 12.4. The Morgan fingerprint density at radius 3 is 2.47 bits per heavy atom. The van der Waals surface area contributed by atoms with Gasteiger partial charge >= 0.3 is 5.63 Å². The van der Waals surface area contributed by atoms with Crippen LogP contribution in [0.3, 0.4) is 0 Å². The molecule has 102 valence electrons. The van der Waals surface area contributed by atoms with Crippen LogP contribution < -0.4 is 11.4 Å². The monoisotopic (exact) mass is 416 g/mol. The topological polar surface area (TPSA) is 69.1 Å². The zero-order valence-corrected chi connectivity index (χ0v) is 13.3. The number of anilines is 1. The van der Waals surface area contributed by atoms with Gasteiger partial charge in [-0.15, -0.1) is 0 Å². The van der Waals surface area contributed by atoms with Crippen LogP contribution in [0.25, 0.3) is 0 Å². The maximum absolute atomic E-state index is 12.4. The molecule has 2 aromatic rings. The van der Waals surface area contributed by atoms with Crippen LogP contribution >= 0.6 is 45.8 Å². The third kappa shape index (κ3) is 4.96. The Hall–Kier alpha value is -0.860. The number of nitrogens with two attached hydrogens (primary N) is 1. The van der Waals surface area contributed by atoms with E-state index in [2.05, 4.69) is 9.40 Å². The van der Waals surface area contributed by atoms with Crippen LogP contribution in [0.2, 0.25) is 10.3 Å². The second kappa shape index (κ2) is 7.06. The summed E-state index contributed by atoms with van der Waals surface area (Å²) in [5.74, 6) is -0.0713.